The molecule has 0 unspecified atom stereocenters. The normalized spacial score (nSPS) is 14.7. The molecular weight excluding hydrogens is 520 g/mol. The second-order valence-corrected chi connectivity index (χ2v) is 8.53. The fourth-order valence-electron chi connectivity index (χ4n) is 3.69. The van der Waals surface area contributed by atoms with E-state index in [9.17, 15) is 19.2 Å². The summed E-state index contributed by atoms with van der Waals surface area (Å²) in [7, 11) is 1.30. The van der Waals surface area contributed by atoms with Crippen LogP contribution < -0.4 is 11.1 Å². The summed E-state index contributed by atoms with van der Waals surface area (Å²) in [6.07, 6.45) is 1.02. The first-order chi connectivity index (χ1) is 18.1. The number of nitrogens with one attached hydrogen (secondary N) is 1. The predicted octanol–water partition coefficient (Wildman–Crippen LogP) is 2.27. The molecule has 0 bridgehead atoms. The number of methoxy groups -OCH3 is 1. The van der Waals surface area contributed by atoms with Crippen LogP contribution in [0.3, 0.4) is 0 Å². The van der Waals surface area contributed by atoms with Gasteiger partial charge >= 0.3 is 23.9 Å². The van der Waals surface area contributed by atoms with Crippen LogP contribution in [0.1, 0.15) is 51.0 Å². The topological polar surface area (TPSA) is 176 Å². The number of benzene rings is 1. The lowest BCUT2D eigenvalue weighted by Crippen LogP contribution is -2.52. The van der Waals surface area contributed by atoms with Crippen molar-refractivity contribution in [3.63, 3.8) is 0 Å². The Morgan fingerprint density at radius 3 is 2.13 bits per heavy atom. The minimum Gasteiger partial charge on any atom is -0.481 e. The number of carbonyl (C=O) groups is 4. The first-order valence-electron chi connectivity index (χ1n) is 12.1. The van der Waals surface area contributed by atoms with Crippen LogP contribution in [-0.4, -0.2) is 67.6 Å². The van der Waals surface area contributed by atoms with Crippen LogP contribution in [0.15, 0.2) is 46.8 Å². The quantitative estimate of drug-likeness (QED) is 0.208. The van der Waals surface area contributed by atoms with Gasteiger partial charge in [0.25, 0.3) is 0 Å². The van der Waals surface area contributed by atoms with E-state index < -0.39 is 29.8 Å². The Balaban J connectivity index is 0.000000612. The van der Waals surface area contributed by atoms with Crippen LogP contribution >= 0.6 is 11.6 Å². The van der Waals surface area contributed by atoms with E-state index in [0.717, 1.165) is 0 Å². The van der Waals surface area contributed by atoms with Gasteiger partial charge in [-0.2, -0.15) is 0 Å². The largest absolute Gasteiger partial charge is 0.481 e. The molecule has 0 amide bonds. The van der Waals surface area contributed by atoms with Gasteiger partial charge in [0, 0.05) is 23.6 Å². The zero-order valence-corrected chi connectivity index (χ0v) is 22.6. The maximum atomic E-state index is 12.9. The fourth-order valence-corrected chi connectivity index (χ4v) is 3.93. The molecule has 1 aliphatic rings. The second-order valence-electron chi connectivity index (χ2n) is 8.12. The molecule has 12 heteroatoms. The average molecular weight is 556 g/mol. The molecule has 11 nitrogen and oxygen atoms in total. The summed E-state index contributed by atoms with van der Waals surface area (Å²) in [6, 6.07) is 7.08. The number of unbranched alkanes of at least 4 members (excludes halogenated alkanes) is 1. The highest BCUT2D eigenvalue weighted by molar-refractivity contribution is 6.31. The molecule has 1 aromatic carbocycles. The van der Waals surface area contributed by atoms with Crippen LogP contribution in [0, 0.1) is 0 Å². The van der Waals surface area contributed by atoms with E-state index in [1.165, 1.54) is 7.11 Å². The van der Waals surface area contributed by atoms with Gasteiger partial charge in [-0.15, -0.1) is 0 Å². The third kappa shape index (κ3) is 10.2. The molecule has 0 spiro atoms. The number of allylic oxidation sites excluding steroid dienone is 1. The van der Waals surface area contributed by atoms with Crippen molar-refractivity contribution in [1.29, 1.82) is 0 Å². The molecule has 0 aliphatic carbocycles. The Bertz CT molecular complexity index is 1040. The number of ether oxygens (including phenoxy) is 3. The molecule has 1 aliphatic heterocycles. The SMILES string of the molecule is CCOC(=O)C1=C(COCC[NH3+])NC(C)=C(C(=O)OC)[C@@H]1c1ccccc1Cl.O=C(O)CCCCC(=O)O. The summed E-state index contributed by atoms with van der Waals surface area (Å²) < 4.78 is 15.9. The first kappa shape index (κ1) is 32.6. The Morgan fingerprint density at radius 2 is 1.63 bits per heavy atom. The van der Waals surface area contributed by atoms with Crippen molar-refractivity contribution in [2.45, 2.75) is 45.4 Å². The molecule has 0 fully saturated rings. The van der Waals surface area contributed by atoms with E-state index in [-0.39, 0.29) is 31.6 Å². The van der Waals surface area contributed by atoms with E-state index in [4.69, 9.17) is 36.0 Å². The number of hydrogen-bond acceptors (Lipinski definition) is 8. The van der Waals surface area contributed by atoms with Gasteiger partial charge in [0.15, 0.2) is 0 Å². The van der Waals surface area contributed by atoms with Crippen molar-refractivity contribution in [2.24, 2.45) is 0 Å². The minimum absolute atomic E-state index is 0.0628. The second kappa shape index (κ2) is 17.2. The molecule has 1 aromatic rings. The maximum Gasteiger partial charge on any atom is 0.336 e. The molecule has 1 atom stereocenters. The van der Waals surface area contributed by atoms with E-state index in [2.05, 4.69) is 11.1 Å². The van der Waals surface area contributed by atoms with Gasteiger partial charge in [0.05, 0.1) is 56.2 Å². The standard InChI is InChI=1S/C20H25ClN2O5.C6H10O4/c1-4-28-20(25)18-15(11-27-10-9-22)23-12(2)16(19(24)26-3)17(18)13-7-5-6-8-14(13)21;7-5(8)3-1-2-4-6(9)10/h5-8,17,23H,4,9-11,22H2,1-3H3;1-4H2,(H,7,8)(H,9,10)/p+1/t17-;/m0./s1. The molecular formula is C26H36ClN2O9+. The Morgan fingerprint density at radius 1 is 1.03 bits per heavy atom. The Kier molecular flexibility index (Phi) is 14.7. The number of rotatable bonds is 13. The maximum absolute atomic E-state index is 12.9. The summed E-state index contributed by atoms with van der Waals surface area (Å²) in [4.78, 5) is 45.3. The molecule has 210 valence electrons. The number of carboxylic acid groups (broad SMARTS) is 2. The van der Waals surface area contributed by atoms with Crippen molar-refractivity contribution >= 4 is 35.5 Å². The van der Waals surface area contributed by atoms with E-state index >= 15 is 0 Å². The van der Waals surface area contributed by atoms with Crippen LogP contribution in [0.5, 0.6) is 0 Å². The molecule has 0 saturated heterocycles. The molecule has 0 aromatic heterocycles. The van der Waals surface area contributed by atoms with Crippen molar-refractivity contribution < 1.29 is 49.3 Å². The van der Waals surface area contributed by atoms with Crippen LogP contribution in [0.2, 0.25) is 5.02 Å². The van der Waals surface area contributed by atoms with Crippen molar-refractivity contribution in [1.82, 2.24) is 5.32 Å². The fraction of sp³-hybridized carbons (Fsp3) is 0.462. The van der Waals surface area contributed by atoms with Gasteiger partial charge in [-0.3, -0.25) is 9.59 Å². The van der Waals surface area contributed by atoms with Gasteiger partial charge in [0.1, 0.15) is 0 Å². The first-order valence-corrected chi connectivity index (χ1v) is 12.5. The van der Waals surface area contributed by atoms with E-state index in [1.807, 2.05) is 0 Å². The molecule has 0 radical (unpaired) electrons. The summed E-state index contributed by atoms with van der Waals surface area (Å²) in [5, 5.41) is 19.8. The van der Waals surface area contributed by atoms with Crippen molar-refractivity contribution in [3.05, 3.63) is 57.4 Å². The number of halogens is 1. The lowest BCUT2D eigenvalue weighted by Gasteiger charge is -2.31. The number of hydrogen-bond donors (Lipinski definition) is 4. The third-order valence-electron chi connectivity index (χ3n) is 5.33. The zero-order chi connectivity index (χ0) is 28.7. The molecule has 2 rings (SSSR count). The monoisotopic (exact) mass is 555 g/mol. The number of esters is 2. The molecule has 1 heterocycles. The van der Waals surface area contributed by atoms with Gasteiger partial charge < -0.3 is 35.5 Å². The summed E-state index contributed by atoms with van der Waals surface area (Å²) in [6.45, 7) is 4.85. The average Bonchev–Trinajstić information content (AvgIpc) is 2.86. The van der Waals surface area contributed by atoms with Gasteiger partial charge in [-0.25, -0.2) is 9.59 Å². The van der Waals surface area contributed by atoms with Crippen LogP contribution in [0.4, 0.5) is 0 Å². The lowest BCUT2D eigenvalue weighted by molar-refractivity contribution is -0.373. The smallest absolute Gasteiger partial charge is 0.336 e. The van der Waals surface area contributed by atoms with Crippen LogP contribution in [0.25, 0.3) is 0 Å². The highest BCUT2D eigenvalue weighted by atomic mass is 35.5. The van der Waals surface area contributed by atoms with Gasteiger partial charge in [-0.1, -0.05) is 29.8 Å². The van der Waals surface area contributed by atoms with Crippen molar-refractivity contribution in [3.8, 4) is 0 Å². The van der Waals surface area contributed by atoms with Crippen molar-refractivity contribution in [2.75, 3.05) is 33.5 Å². The Labute approximate surface area is 226 Å². The van der Waals surface area contributed by atoms with E-state index in [1.54, 1.807) is 38.1 Å². The number of carboxylic acids is 2. The Hall–Kier alpha value is -3.41. The number of dihydropyridines is 1. The predicted molar refractivity (Wildman–Crippen MR) is 138 cm³/mol. The minimum atomic E-state index is -0.870. The molecule has 38 heavy (non-hydrogen) atoms. The third-order valence-corrected chi connectivity index (χ3v) is 5.67. The number of aliphatic carboxylic acids is 2. The summed E-state index contributed by atoms with van der Waals surface area (Å²) in [5.74, 6) is -3.56. The van der Waals surface area contributed by atoms with Gasteiger partial charge in [-0.05, 0) is 38.3 Å². The number of quaternary nitrogens is 1. The lowest BCUT2D eigenvalue weighted by atomic mass is 9.80. The number of carbonyl (C=O) groups excluding carboxylic acids is 2. The summed E-state index contributed by atoms with van der Waals surface area (Å²) >= 11 is 6.43. The van der Waals surface area contributed by atoms with Gasteiger partial charge in [0.2, 0.25) is 0 Å². The van der Waals surface area contributed by atoms with E-state index in [0.29, 0.717) is 53.5 Å². The highest BCUT2D eigenvalue weighted by Crippen LogP contribution is 2.41. The van der Waals surface area contributed by atoms with Crippen LogP contribution in [-0.2, 0) is 33.4 Å². The molecule has 0 saturated carbocycles. The summed E-state index contributed by atoms with van der Waals surface area (Å²) in [5.41, 5.74) is 6.05. The highest BCUT2D eigenvalue weighted by Gasteiger charge is 2.39. The molecule has 6 N–H and O–H groups in total. The zero-order valence-electron chi connectivity index (χ0n) is 21.9.